The van der Waals surface area contributed by atoms with E-state index in [1.165, 1.54) is 12.1 Å². The largest absolute Gasteiger partial charge is 0.505 e. The molecule has 166 valence electrons. The normalized spacial score (nSPS) is 14.2. The van der Waals surface area contributed by atoms with Crippen molar-refractivity contribution in [2.24, 2.45) is 0 Å². The lowest BCUT2D eigenvalue weighted by Gasteiger charge is -2.25. The molecule has 0 aliphatic carbocycles. The maximum Gasteiger partial charge on any atom is 0.165 e. The maximum absolute atomic E-state index is 14.0. The first kappa shape index (κ1) is 20.7. The molecule has 0 fully saturated rings. The summed E-state index contributed by atoms with van der Waals surface area (Å²) in [5, 5.41) is 21.5. The minimum absolute atomic E-state index is 0.318. The van der Waals surface area contributed by atoms with Gasteiger partial charge in [0.25, 0.3) is 0 Å². The van der Waals surface area contributed by atoms with E-state index in [9.17, 15) is 9.50 Å². The molecule has 7 nitrogen and oxygen atoms in total. The summed E-state index contributed by atoms with van der Waals surface area (Å²) in [5.41, 5.74) is 6.46. The van der Waals surface area contributed by atoms with Crippen LogP contribution in [0.5, 0.6) is 5.75 Å². The minimum atomic E-state index is -0.618. The van der Waals surface area contributed by atoms with Crippen molar-refractivity contribution in [3.05, 3.63) is 53.1 Å². The Balaban J connectivity index is 1.47. The van der Waals surface area contributed by atoms with Gasteiger partial charge in [0.1, 0.15) is 5.69 Å². The Morgan fingerprint density at radius 2 is 2.12 bits per heavy atom. The summed E-state index contributed by atoms with van der Waals surface area (Å²) in [6.45, 7) is 5.83. The molecule has 8 heteroatoms. The van der Waals surface area contributed by atoms with Gasteiger partial charge in [0.05, 0.1) is 16.9 Å². The molecule has 4 aromatic rings. The monoisotopic (exact) mass is 434 g/mol. The number of halogens is 1. The molecule has 3 heterocycles. The molecule has 5 rings (SSSR count). The first-order valence-electron chi connectivity index (χ1n) is 11.0. The summed E-state index contributed by atoms with van der Waals surface area (Å²) in [6.07, 6.45) is 1.62. The number of nitrogens with one attached hydrogen (secondary N) is 3. The molecule has 32 heavy (non-hydrogen) atoms. The second-order valence-corrected chi connectivity index (χ2v) is 8.29. The number of benzene rings is 2. The van der Waals surface area contributed by atoms with Crippen molar-refractivity contribution in [2.75, 3.05) is 26.7 Å². The van der Waals surface area contributed by atoms with Crippen molar-refractivity contribution < 1.29 is 9.50 Å². The Labute approximate surface area is 185 Å². The predicted octanol–water partition coefficient (Wildman–Crippen LogP) is 3.60. The van der Waals surface area contributed by atoms with Crippen LogP contribution in [0.1, 0.15) is 23.9 Å². The number of phenolic OH excluding ortho intramolecular Hbond substituents is 1. The van der Waals surface area contributed by atoms with Gasteiger partial charge in [-0.15, -0.1) is 0 Å². The molecular weight excluding hydrogens is 407 g/mol. The van der Waals surface area contributed by atoms with E-state index in [2.05, 4.69) is 25.4 Å². The fourth-order valence-electron chi connectivity index (χ4n) is 4.46. The number of hydrogen-bond acceptors (Lipinski definition) is 5. The SMILES string of the molecule is CCc1cc(O)c(F)cc1-c1ccc2c(-c3nc4c([nH]3)CN(CCNC)CC4)n[nH]c2c1. The molecule has 0 bridgehead atoms. The highest BCUT2D eigenvalue weighted by molar-refractivity contribution is 5.94. The number of aromatic amines is 2. The average Bonchev–Trinajstić information content (AvgIpc) is 3.42. The molecule has 4 N–H and O–H groups in total. The first-order chi connectivity index (χ1) is 15.6. The maximum atomic E-state index is 14.0. The van der Waals surface area contributed by atoms with Crippen molar-refractivity contribution >= 4 is 10.9 Å². The Kier molecular flexibility index (Phi) is 5.40. The van der Waals surface area contributed by atoms with Crippen LogP contribution in [0.4, 0.5) is 4.39 Å². The number of imidazole rings is 1. The summed E-state index contributed by atoms with van der Waals surface area (Å²) in [5.74, 6) is -0.163. The van der Waals surface area contributed by atoms with Crippen LogP contribution < -0.4 is 5.32 Å². The molecule has 1 aliphatic heterocycles. The van der Waals surface area contributed by atoms with Crippen molar-refractivity contribution in [2.45, 2.75) is 26.3 Å². The van der Waals surface area contributed by atoms with E-state index in [1.807, 2.05) is 32.2 Å². The minimum Gasteiger partial charge on any atom is -0.505 e. The number of hydrogen-bond donors (Lipinski definition) is 4. The van der Waals surface area contributed by atoms with E-state index in [1.54, 1.807) is 0 Å². The molecule has 1 aliphatic rings. The van der Waals surface area contributed by atoms with Crippen LogP contribution in [0.15, 0.2) is 30.3 Å². The Bertz CT molecular complexity index is 1280. The number of fused-ring (bicyclic) bond motifs is 2. The van der Waals surface area contributed by atoms with Gasteiger partial charge in [0.15, 0.2) is 17.4 Å². The smallest absolute Gasteiger partial charge is 0.165 e. The number of nitrogens with zero attached hydrogens (tertiary/aromatic N) is 3. The van der Waals surface area contributed by atoms with Crippen LogP contribution in [0.25, 0.3) is 33.5 Å². The Morgan fingerprint density at radius 3 is 2.94 bits per heavy atom. The van der Waals surface area contributed by atoms with E-state index in [0.29, 0.717) is 6.42 Å². The van der Waals surface area contributed by atoms with Crippen LogP contribution in [0, 0.1) is 5.82 Å². The zero-order valence-electron chi connectivity index (χ0n) is 18.3. The molecule has 2 aromatic heterocycles. The molecule has 0 spiro atoms. The third-order valence-corrected chi connectivity index (χ3v) is 6.24. The summed E-state index contributed by atoms with van der Waals surface area (Å²) in [6, 6.07) is 8.83. The second-order valence-electron chi connectivity index (χ2n) is 8.29. The summed E-state index contributed by atoms with van der Waals surface area (Å²) < 4.78 is 14.0. The topological polar surface area (TPSA) is 92.9 Å². The zero-order valence-corrected chi connectivity index (χ0v) is 18.3. The highest BCUT2D eigenvalue weighted by atomic mass is 19.1. The molecule has 2 aromatic carbocycles. The van der Waals surface area contributed by atoms with Gasteiger partial charge < -0.3 is 15.4 Å². The van der Waals surface area contributed by atoms with Gasteiger partial charge >= 0.3 is 0 Å². The van der Waals surface area contributed by atoms with E-state index >= 15 is 0 Å². The highest BCUT2D eigenvalue weighted by Crippen LogP contribution is 2.34. The molecule has 0 saturated carbocycles. The van der Waals surface area contributed by atoms with Crippen LogP contribution in [0.3, 0.4) is 0 Å². The van der Waals surface area contributed by atoms with Crippen LogP contribution in [-0.4, -0.2) is 56.9 Å². The summed E-state index contributed by atoms with van der Waals surface area (Å²) in [7, 11) is 1.97. The number of H-pyrrole nitrogens is 2. The second kappa shape index (κ2) is 8.37. The van der Waals surface area contributed by atoms with Gasteiger partial charge in [-0.3, -0.25) is 10.00 Å². The van der Waals surface area contributed by atoms with E-state index < -0.39 is 5.82 Å². The molecule has 0 unspecified atom stereocenters. The van der Waals surface area contributed by atoms with Crippen molar-refractivity contribution in [1.82, 2.24) is 30.4 Å². The van der Waals surface area contributed by atoms with Gasteiger partial charge in [0, 0.05) is 38.0 Å². The third kappa shape index (κ3) is 3.65. The molecule has 0 atom stereocenters. The van der Waals surface area contributed by atoms with Gasteiger partial charge in [-0.1, -0.05) is 13.0 Å². The fraction of sp³-hybridized carbons (Fsp3) is 0.333. The predicted molar refractivity (Wildman–Crippen MR) is 123 cm³/mol. The number of aromatic hydroxyl groups is 1. The van der Waals surface area contributed by atoms with E-state index in [-0.39, 0.29) is 5.75 Å². The number of aromatic nitrogens is 4. The molecular formula is C24H27FN6O. The van der Waals surface area contributed by atoms with Crippen molar-refractivity contribution in [1.29, 1.82) is 0 Å². The van der Waals surface area contributed by atoms with Gasteiger partial charge in [-0.25, -0.2) is 9.37 Å². The third-order valence-electron chi connectivity index (χ3n) is 6.24. The van der Waals surface area contributed by atoms with Gasteiger partial charge in [-0.2, -0.15) is 5.10 Å². The lowest BCUT2D eigenvalue weighted by Crippen LogP contribution is -2.35. The summed E-state index contributed by atoms with van der Waals surface area (Å²) in [4.78, 5) is 10.7. The average molecular weight is 435 g/mol. The quantitative estimate of drug-likeness (QED) is 0.372. The summed E-state index contributed by atoms with van der Waals surface area (Å²) >= 11 is 0. The zero-order chi connectivity index (χ0) is 22.2. The van der Waals surface area contributed by atoms with Gasteiger partial charge in [0.2, 0.25) is 0 Å². The lowest BCUT2D eigenvalue weighted by atomic mass is 9.96. The van der Waals surface area contributed by atoms with Crippen LogP contribution >= 0.6 is 0 Å². The van der Waals surface area contributed by atoms with Crippen molar-refractivity contribution in [3.8, 4) is 28.4 Å². The van der Waals surface area contributed by atoms with Crippen LogP contribution in [-0.2, 0) is 19.4 Å². The van der Waals surface area contributed by atoms with E-state index in [4.69, 9.17) is 4.98 Å². The number of aryl methyl sites for hydroxylation is 1. The van der Waals surface area contributed by atoms with Crippen molar-refractivity contribution in [3.63, 3.8) is 0 Å². The Morgan fingerprint density at radius 1 is 1.25 bits per heavy atom. The number of phenols is 1. The lowest BCUT2D eigenvalue weighted by molar-refractivity contribution is 0.252. The molecule has 0 saturated heterocycles. The molecule has 0 radical (unpaired) electrons. The first-order valence-corrected chi connectivity index (χ1v) is 11.0. The van der Waals surface area contributed by atoms with Gasteiger partial charge in [-0.05, 0) is 54.4 Å². The Hall–Kier alpha value is -3.23. The van der Waals surface area contributed by atoms with E-state index in [0.717, 1.165) is 83.1 Å². The highest BCUT2D eigenvalue weighted by Gasteiger charge is 2.22. The fourth-order valence-corrected chi connectivity index (χ4v) is 4.46. The standard InChI is InChI=1S/C24H27FN6O/c1-3-14-11-22(32)18(25)12-17(14)15-4-5-16-20(10-15)29-30-23(16)24-27-19-6-8-31(9-7-26-2)13-21(19)28-24/h4-5,10-12,26,32H,3,6-9,13H2,1-2H3,(H,27,28)(H,29,30). The number of likely N-dealkylation sites (N-methyl/N-ethyl adjacent to an activating group) is 1. The number of rotatable bonds is 6. The van der Waals surface area contributed by atoms with Crippen LogP contribution in [0.2, 0.25) is 0 Å². The molecule has 0 amide bonds.